The minimum absolute atomic E-state index is 0.0237. The smallest absolute Gasteiger partial charge is 0.292 e. The summed E-state index contributed by atoms with van der Waals surface area (Å²) in [6.45, 7) is 2.07. The number of carbonyl (C=O) groups excluding carboxylic acids is 1. The molecule has 0 spiro atoms. The molecule has 0 saturated carbocycles. The number of halogens is 2. The van der Waals surface area contributed by atoms with Gasteiger partial charge in [0.2, 0.25) is 10.0 Å². The van der Waals surface area contributed by atoms with Crippen LogP contribution in [0.5, 0.6) is 0 Å². The Balaban J connectivity index is 2.20. The summed E-state index contributed by atoms with van der Waals surface area (Å²) in [7, 11) is -3.79. The number of nitrogens with one attached hydrogen (secondary N) is 2. The molecule has 2 aromatic carbocycles. The lowest BCUT2D eigenvalue weighted by Crippen LogP contribution is -2.32. The van der Waals surface area contributed by atoms with Crippen molar-refractivity contribution in [2.45, 2.75) is 32.7 Å². The second-order valence-corrected chi connectivity index (χ2v) is 9.22. The van der Waals surface area contributed by atoms with Gasteiger partial charge in [0.25, 0.3) is 11.6 Å². The summed E-state index contributed by atoms with van der Waals surface area (Å²) in [6.07, 6.45) is 2.01. The van der Waals surface area contributed by atoms with Gasteiger partial charge in [0.05, 0.1) is 10.7 Å². The number of rotatable bonds is 10. The molecule has 2 aromatic rings. The summed E-state index contributed by atoms with van der Waals surface area (Å²) in [5.74, 6) is -1.02. The Morgan fingerprint density at radius 3 is 2.50 bits per heavy atom. The largest absolute Gasteiger partial charge is 0.375 e. The van der Waals surface area contributed by atoms with E-state index >= 15 is 0 Å². The molecule has 0 aliphatic carbocycles. The number of benzene rings is 2. The first-order valence-corrected chi connectivity index (χ1v) is 11.5. The maximum absolute atomic E-state index is 12.4. The van der Waals surface area contributed by atoms with E-state index in [2.05, 4.69) is 5.32 Å². The van der Waals surface area contributed by atoms with E-state index in [0.29, 0.717) is 22.0 Å². The topological polar surface area (TPSA) is 118 Å². The van der Waals surface area contributed by atoms with E-state index in [1.54, 1.807) is 18.2 Å². The average Bonchev–Trinajstić information content (AvgIpc) is 2.66. The van der Waals surface area contributed by atoms with Crippen LogP contribution in [0.1, 0.15) is 42.1 Å². The van der Waals surface area contributed by atoms with Gasteiger partial charge in [0.1, 0.15) is 5.69 Å². The third kappa shape index (κ3) is 6.86. The molecule has 2 N–H and O–H groups in total. The standard InChI is InChI=1S/C19H21Cl2N3O5S/c1-2-3-4-9-30(28,29)23-19(25)13-6-8-18(24(26)27)17(10-13)22-12-14-5-7-15(20)11-16(14)21/h5-8,10-11,22H,2-4,9,12H2,1H3,(H,23,25). The van der Waals surface area contributed by atoms with Gasteiger partial charge in [-0.2, -0.15) is 0 Å². The first-order valence-electron chi connectivity index (χ1n) is 9.14. The van der Waals surface area contributed by atoms with E-state index < -0.39 is 20.9 Å². The molecule has 0 fully saturated rings. The van der Waals surface area contributed by atoms with E-state index in [-0.39, 0.29) is 29.2 Å². The van der Waals surface area contributed by atoms with Crippen LogP contribution >= 0.6 is 23.2 Å². The Bertz CT molecular complexity index is 1040. The van der Waals surface area contributed by atoms with E-state index in [4.69, 9.17) is 23.2 Å². The van der Waals surface area contributed by atoms with Gasteiger partial charge in [-0.15, -0.1) is 0 Å². The van der Waals surface area contributed by atoms with Crippen molar-refractivity contribution < 1.29 is 18.1 Å². The highest BCUT2D eigenvalue weighted by atomic mass is 35.5. The molecule has 0 bridgehead atoms. The summed E-state index contributed by atoms with van der Waals surface area (Å²) in [5.41, 5.74) is 0.414. The summed E-state index contributed by atoms with van der Waals surface area (Å²) in [6, 6.07) is 8.43. The van der Waals surface area contributed by atoms with Crippen LogP contribution in [-0.2, 0) is 16.6 Å². The van der Waals surface area contributed by atoms with E-state index in [1.165, 1.54) is 12.1 Å². The highest BCUT2D eigenvalue weighted by Crippen LogP contribution is 2.28. The molecule has 8 nitrogen and oxygen atoms in total. The number of nitrogens with zero attached hydrogens (tertiary/aromatic N) is 1. The molecule has 2 rings (SSSR count). The molecule has 0 aliphatic heterocycles. The summed E-state index contributed by atoms with van der Waals surface area (Å²) >= 11 is 12.0. The van der Waals surface area contributed by atoms with Crippen LogP contribution in [0.15, 0.2) is 36.4 Å². The van der Waals surface area contributed by atoms with Crippen molar-refractivity contribution in [3.8, 4) is 0 Å². The second-order valence-electron chi connectivity index (χ2n) is 6.54. The molecular formula is C19H21Cl2N3O5S. The number of nitro groups is 1. The molecule has 1 amide bonds. The van der Waals surface area contributed by atoms with Crippen LogP contribution in [0.25, 0.3) is 0 Å². The van der Waals surface area contributed by atoms with Crippen LogP contribution in [0, 0.1) is 10.1 Å². The Hall–Kier alpha value is -2.36. The lowest BCUT2D eigenvalue weighted by atomic mass is 10.1. The van der Waals surface area contributed by atoms with Crippen LogP contribution in [0.2, 0.25) is 10.0 Å². The Labute approximate surface area is 184 Å². The van der Waals surface area contributed by atoms with Gasteiger partial charge in [-0.3, -0.25) is 14.9 Å². The first-order chi connectivity index (χ1) is 14.1. The fourth-order valence-electron chi connectivity index (χ4n) is 2.63. The zero-order chi connectivity index (χ0) is 22.3. The monoisotopic (exact) mass is 473 g/mol. The van der Waals surface area contributed by atoms with Crippen LogP contribution in [0.4, 0.5) is 11.4 Å². The molecule has 0 saturated heterocycles. The number of hydrogen-bond acceptors (Lipinski definition) is 6. The molecule has 0 radical (unpaired) electrons. The lowest BCUT2D eigenvalue weighted by molar-refractivity contribution is -0.384. The van der Waals surface area contributed by atoms with Crippen molar-refractivity contribution in [2.24, 2.45) is 0 Å². The van der Waals surface area contributed by atoms with Crippen molar-refractivity contribution in [3.63, 3.8) is 0 Å². The lowest BCUT2D eigenvalue weighted by Gasteiger charge is -2.11. The van der Waals surface area contributed by atoms with Gasteiger partial charge < -0.3 is 5.32 Å². The fourth-order valence-corrected chi connectivity index (χ4v) is 4.19. The summed E-state index contributed by atoms with van der Waals surface area (Å²) in [4.78, 5) is 23.1. The molecule has 162 valence electrons. The molecule has 0 unspecified atom stereocenters. The van der Waals surface area contributed by atoms with Gasteiger partial charge >= 0.3 is 0 Å². The molecule has 11 heteroatoms. The predicted octanol–water partition coefficient (Wildman–Crippen LogP) is 4.76. The Morgan fingerprint density at radius 1 is 1.13 bits per heavy atom. The Morgan fingerprint density at radius 2 is 1.87 bits per heavy atom. The van der Waals surface area contributed by atoms with Crippen molar-refractivity contribution in [3.05, 3.63) is 67.7 Å². The SMILES string of the molecule is CCCCCS(=O)(=O)NC(=O)c1ccc([N+](=O)[O-])c(NCc2ccc(Cl)cc2Cl)c1. The van der Waals surface area contributed by atoms with Gasteiger partial charge in [-0.1, -0.05) is 49.0 Å². The number of nitro benzene ring substituents is 1. The minimum atomic E-state index is -3.79. The highest BCUT2D eigenvalue weighted by Gasteiger charge is 2.20. The van der Waals surface area contributed by atoms with Crippen LogP contribution in [0.3, 0.4) is 0 Å². The summed E-state index contributed by atoms with van der Waals surface area (Å²) in [5, 5.41) is 15.0. The van der Waals surface area contributed by atoms with Crippen molar-refractivity contribution >= 4 is 50.5 Å². The molecule has 0 aliphatic rings. The highest BCUT2D eigenvalue weighted by molar-refractivity contribution is 7.90. The van der Waals surface area contributed by atoms with Gasteiger partial charge in [-0.25, -0.2) is 13.1 Å². The normalized spacial score (nSPS) is 11.2. The van der Waals surface area contributed by atoms with E-state index in [9.17, 15) is 23.3 Å². The molecule has 30 heavy (non-hydrogen) atoms. The maximum atomic E-state index is 12.4. The number of amides is 1. The third-order valence-corrected chi connectivity index (χ3v) is 6.11. The van der Waals surface area contributed by atoms with E-state index in [0.717, 1.165) is 18.9 Å². The molecule has 0 atom stereocenters. The quantitative estimate of drug-likeness (QED) is 0.291. The molecule has 0 aromatic heterocycles. The van der Waals surface area contributed by atoms with Crippen molar-refractivity contribution in [2.75, 3.05) is 11.1 Å². The van der Waals surface area contributed by atoms with Gasteiger partial charge in [0.15, 0.2) is 0 Å². The van der Waals surface area contributed by atoms with E-state index in [1.807, 2.05) is 11.6 Å². The fraction of sp³-hybridized carbons (Fsp3) is 0.316. The van der Waals surface area contributed by atoms with Gasteiger partial charge in [0, 0.05) is 28.2 Å². The molecular weight excluding hydrogens is 453 g/mol. The third-order valence-electron chi connectivity index (χ3n) is 4.20. The zero-order valence-electron chi connectivity index (χ0n) is 16.2. The number of unbranched alkanes of at least 4 members (excludes halogenated alkanes) is 2. The number of hydrogen-bond donors (Lipinski definition) is 2. The zero-order valence-corrected chi connectivity index (χ0v) is 18.5. The number of sulfonamides is 1. The van der Waals surface area contributed by atoms with Gasteiger partial charge in [-0.05, 0) is 36.2 Å². The maximum Gasteiger partial charge on any atom is 0.292 e. The van der Waals surface area contributed by atoms with Crippen molar-refractivity contribution in [1.82, 2.24) is 4.72 Å². The average molecular weight is 474 g/mol. The second kappa shape index (κ2) is 10.6. The minimum Gasteiger partial charge on any atom is -0.375 e. The van der Waals surface area contributed by atoms with Crippen LogP contribution in [-0.4, -0.2) is 25.0 Å². The van der Waals surface area contributed by atoms with Crippen molar-refractivity contribution in [1.29, 1.82) is 0 Å². The summed E-state index contributed by atoms with van der Waals surface area (Å²) < 4.78 is 26.1. The molecule has 0 heterocycles. The number of anilines is 1. The van der Waals surface area contributed by atoms with Crippen LogP contribution < -0.4 is 10.0 Å². The first kappa shape index (κ1) is 23.9. The number of carbonyl (C=O) groups is 1. The predicted molar refractivity (Wildman–Crippen MR) is 118 cm³/mol. The Kier molecular flexibility index (Phi) is 8.45.